The van der Waals surface area contributed by atoms with Crippen LogP contribution in [0.15, 0.2) is 89.0 Å². The monoisotopic (exact) mass is 530 g/mol. The number of aliphatic hydroxyl groups is 1. The lowest BCUT2D eigenvalue weighted by molar-refractivity contribution is -0.132. The molecule has 0 radical (unpaired) electrons. The zero-order valence-electron chi connectivity index (χ0n) is 20.6. The molecule has 0 aliphatic carbocycles. The first kappa shape index (κ1) is 25.1. The zero-order chi connectivity index (χ0) is 26.8. The molecule has 0 spiro atoms. The van der Waals surface area contributed by atoms with E-state index in [0.717, 1.165) is 5.56 Å². The van der Waals surface area contributed by atoms with Crippen molar-refractivity contribution in [1.82, 2.24) is 5.16 Å². The maximum absolute atomic E-state index is 13.3. The molecular formula is C29H23ClN2O6. The number of ether oxygens (including phenoxy) is 2. The van der Waals surface area contributed by atoms with Gasteiger partial charge in [-0.2, -0.15) is 0 Å². The third-order valence-electron chi connectivity index (χ3n) is 6.17. The molecule has 2 heterocycles. The van der Waals surface area contributed by atoms with Crippen LogP contribution in [0.5, 0.6) is 11.5 Å². The zero-order valence-corrected chi connectivity index (χ0v) is 21.3. The number of anilines is 1. The Bertz CT molecular complexity index is 1530. The van der Waals surface area contributed by atoms with Crippen LogP contribution >= 0.6 is 11.6 Å². The molecule has 1 amide bonds. The number of rotatable bonds is 7. The second-order valence-corrected chi connectivity index (χ2v) is 9.09. The van der Waals surface area contributed by atoms with Crippen LogP contribution in [0.2, 0.25) is 5.02 Å². The first-order chi connectivity index (χ1) is 18.4. The summed E-state index contributed by atoms with van der Waals surface area (Å²) < 4.78 is 16.7. The standard InChI is InChI=1S/C29H23ClN2O6/c1-17-14-24(31-38-17)32-26(25(28(34)29(32)35)27(33)19-8-11-21(30)12-9-19)20-10-13-22(23(15-20)36-2)37-16-18-6-4-3-5-7-18/h3-15,26,33H,16H2,1-2H3/b27-25+/t26-/m1/s1. The first-order valence-electron chi connectivity index (χ1n) is 11.7. The van der Waals surface area contributed by atoms with E-state index in [1.54, 1.807) is 55.5 Å². The van der Waals surface area contributed by atoms with Crippen LogP contribution in [0.3, 0.4) is 0 Å². The van der Waals surface area contributed by atoms with Crippen molar-refractivity contribution in [3.63, 3.8) is 0 Å². The molecule has 3 aromatic carbocycles. The van der Waals surface area contributed by atoms with Crippen LogP contribution in [0.4, 0.5) is 5.82 Å². The van der Waals surface area contributed by atoms with Crippen molar-refractivity contribution >= 4 is 34.9 Å². The highest BCUT2D eigenvalue weighted by Crippen LogP contribution is 2.44. The summed E-state index contributed by atoms with van der Waals surface area (Å²) in [6.45, 7) is 2.00. The van der Waals surface area contributed by atoms with Crippen LogP contribution in [0, 0.1) is 6.92 Å². The molecule has 1 aliphatic rings. The van der Waals surface area contributed by atoms with E-state index >= 15 is 0 Å². The molecule has 0 unspecified atom stereocenters. The Morgan fingerprint density at radius 3 is 2.42 bits per heavy atom. The lowest BCUT2D eigenvalue weighted by Gasteiger charge is -2.24. The fourth-order valence-electron chi connectivity index (χ4n) is 4.32. The van der Waals surface area contributed by atoms with Gasteiger partial charge in [-0.3, -0.25) is 14.5 Å². The number of aliphatic hydroxyl groups excluding tert-OH is 1. The average Bonchev–Trinajstić information content (AvgIpc) is 3.48. The van der Waals surface area contributed by atoms with Crippen LogP contribution in [0.1, 0.15) is 28.5 Å². The van der Waals surface area contributed by atoms with Crippen molar-refractivity contribution in [3.8, 4) is 11.5 Å². The van der Waals surface area contributed by atoms with Crippen molar-refractivity contribution in [2.24, 2.45) is 0 Å². The second-order valence-electron chi connectivity index (χ2n) is 8.66. The number of hydrogen-bond acceptors (Lipinski definition) is 7. The largest absolute Gasteiger partial charge is 0.507 e. The van der Waals surface area contributed by atoms with Gasteiger partial charge in [-0.1, -0.05) is 53.2 Å². The lowest BCUT2D eigenvalue weighted by atomic mass is 9.95. The van der Waals surface area contributed by atoms with Crippen molar-refractivity contribution < 1.29 is 28.7 Å². The number of nitrogens with zero attached hydrogens (tertiary/aromatic N) is 2. The smallest absolute Gasteiger partial charge is 0.301 e. The maximum Gasteiger partial charge on any atom is 0.301 e. The molecule has 1 fully saturated rings. The average molecular weight is 531 g/mol. The molecule has 1 aliphatic heterocycles. The van der Waals surface area contributed by atoms with Gasteiger partial charge in [-0.15, -0.1) is 0 Å². The Kier molecular flexibility index (Phi) is 6.89. The molecule has 1 aromatic heterocycles. The minimum atomic E-state index is -1.01. The molecule has 5 rings (SSSR count). The highest BCUT2D eigenvalue weighted by Gasteiger charge is 2.48. The van der Waals surface area contributed by atoms with E-state index in [-0.39, 0.29) is 17.2 Å². The van der Waals surface area contributed by atoms with Gasteiger partial charge < -0.3 is 19.1 Å². The summed E-state index contributed by atoms with van der Waals surface area (Å²) in [7, 11) is 1.50. The Balaban J connectivity index is 1.60. The molecule has 1 saturated heterocycles. The van der Waals surface area contributed by atoms with Crippen molar-refractivity contribution in [2.45, 2.75) is 19.6 Å². The highest BCUT2D eigenvalue weighted by molar-refractivity contribution is 6.51. The summed E-state index contributed by atoms with van der Waals surface area (Å²) in [6, 6.07) is 21.6. The third-order valence-corrected chi connectivity index (χ3v) is 6.42. The maximum atomic E-state index is 13.3. The van der Waals surface area contributed by atoms with E-state index in [4.69, 9.17) is 25.6 Å². The van der Waals surface area contributed by atoms with Gasteiger partial charge in [0.1, 0.15) is 18.1 Å². The van der Waals surface area contributed by atoms with Crippen LogP contribution in [-0.2, 0) is 16.2 Å². The highest BCUT2D eigenvalue weighted by atomic mass is 35.5. The summed E-state index contributed by atoms with van der Waals surface area (Å²) in [6.07, 6.45) is 0. The third kappa shape index (κ3) is 4.73. The number of carbonyl (C=O) groups excluding carboxylic acids is 2. The summed E-state index contributed by atoms with van der Waals surface area (Å²) in [5, 5.41) is 15.7. The number of aryl methyl sites for hydroxylation is 1. The number of aromatic nitrogens is 1. The van der Waals surface area contributed by atoms with Gasteiger partial charge in [0.15, 0.2) is 17.3 Å². The second kappa shape index (κ2) is 10.4. The number of carbonyl (C=O) groups is 2. The molecule has 1 atom stereocenters. The predicted octanol–water partition coefficient (Wildman–Crippen LogP) is 5.85. The van der Waals surface area contributed by atoms with Gasteiger partial charge in [0, 0.05) is 16.7 Å². The van der Waals surface area contributed by atoms with Crippen molar-refractivity contribution in [1.29, 1.82) is 0 Å². The normalized spacial score (nSPS) is 16.6. The van der Waals surface area contributed by atoms with Crippen LogP contribution in [-0.4, -0.2) is 29.1 Å². The van der Waals surface area contributed by atoms with Gasteiger partial charge in [0.05, 0.1) is 18.7 Å². The minimum absolute atomic E-state index is 0.0991. The quantitative estimate of drug-likeness (QED) is 0.182. The van der Waals surface area contributed by atoms with Gasteiger partial charge in [-0.25, -0.2) is 0 Å². The molecule has 0 bridgehead atoms. The van der Waals surface area contributed by atoms with Crippen molar-refractivity contribution in [2.75, 3.05) is 12.0 Å². The van der Waals surface area contributed by atoms with Gasteiger partial charge in [0.25, 0.3) is 5.78 Å². The Labute approximate surface area is 223 Å². The van der Waals surface area contributed by atoms with E-state index in [1.807, 2.05) is 30.3 Å². The first-order valence-corrected chi connectivity index (χ1v) is 12.1. The summed E-state index contributed by atoms with van der Waals surface area (Å²) in [4.78, 5) is 27.8. The summed E-state index contributed by atoms with van der Waals surface area (Å²) >= 11 is 6.00. The van der Waals surface area contributed by atoms with Crippen molar-refractivity contribution in [3.05, 3.63) is 112 Å². The van der Waals surface area contributed by atoms with Crippen LogP contribution < -0.4 is 14.4 Å². The number of Topliss-reactive ketones (excluding diaryl/α,β-unsaturated/α-hetero) is 1. The topological polar surface area (TPSA) is 102 Å². The summed E-state index contributed by atoms with van der Waals surface area (Å²) in [5.41, 5.74) is 1.72. The van der Waals surface area contributed by atoms with E-state index < -0.39 is 17.7 Å². The fraction of sp³-hybridized carbons (Fsp3) is 0.138. The Morgan fingerprint density at radius 1 is 1.03 bits per heavy atom. The molecule has 0 saturated carbocycles. The number of hydrogen-bond donors (Lipinski definition) is 1. The van der Waals surface area contributed by atoms with Gasteiger partial charge in [0.2, 0.25) is 0 Å². The summed E-state index contributed by atoms with van der Waals surface area (Å²) in [5.74, 6) is -0.558. The lowest BCUT2D eigenvalue weighted by Crippen LogP contribution is -2.29. The van der Waals surface area contributed by atoms with E-state index in [9.17, 15) is 14.7 Å². The number of methoxy groups -OCH3 is 1. The number of benzene rings is 3. The van der Waals surface area contributed by atoms with Crippen LogP contribution in [0.25, 0.3) is 5.76 Å². The molecule has 1 N–H and O–H groups in total. The molecule has 192 valence electrons. The number of amides is 1. The SMILES string of the molecule is COc1cc([C@@H]2/C(=C(\O)c3ccc(Cl)cc3)C(=O)C(=O)N2c2cc(C)on2)ccc1OCc1ccccc1. The minimum Gasteiger partial charge on any atom is -0.507 e. The Morgan fingerprint density at radius 2 is 1.76 bits per heavy atom. The van der Waals surface area contributed by atoms with Gasteiger partial charge in [-0.05, 0) is 54.4 Å². The fourth-order valence-corrected chi connectivity index (χ4v) is 4.45. The molecule has 9 heteroatoms. The number of halogens is 1. The predicted molar refractivity (Wildman–Crippen MR) is 141 cm³/mol. The number of ketones is 1. The molecular weight excluding hydrogens is 508 g/mol. The molecule has 4 aromatic rings. The van der Waals surface area contributed by atoms with E-state index in [0.29, 0.717) is 40.0 Å². The van der Waals surface area contributed by atoms with Gasteiger partial charge >= 0.3 is 5.91 Å². The molecule has 38 heavy (non-hydrogen) atoms. The van der Waals surface area contributed by atoms with E-state index in [1.165, 1.54) is 12.0 Å². The van der Waals surface area contributed by atoms with E-state index in [2.05, 4.69) is 5.16 Å². The molecule has 8 nitrogen and oxygen atoms in total. The Hall–Kier alpha value is -4.56.